The molecule has 0 unspecified atom stereocenters. The van der Waals surface area contributed by atoms with E-state index >= 15 is 0 Å². The predicted octanol–water partition coefficient (Wildman–Crippen LogP) is 8.35. The monoisotopic (exact) mass is 629 g/mol. The molecule has 1 N–H and O–H groups in total. The van der Waals surface area contributed by atoms with E-state index in [-0.39, 0.29) is 28.5 Å². The summed E-state index contributed by atoms with van der Waals surface area (Å²) >= 11 is 0. The Kier molecular flexibility index (Phi) is 8.55. The Balaban J connectivity index is 1.73. The maximum Gasteiger partial charge on any atom is 0.418 e. The molecule has 0 saturated heterocycles. The number of halogens is 6. The van der Waals surface area contributed by atoms with Crippen LogP contribution in [0.2, 0.25) is 0 Å². The molecule has 228 valence electrons. The van der Waals surface area contributed by atoms with E-state index in [0.29, 0.717) is 29.2 Å². The molecule has 0 aliphatic rings. The summed E-state index contributed by atoms with van der Waals surface area (Å²) in [5.74, 6) is -0.544. The molecule has 1 aromatic heterocycles. The Labute approximate surface area is 249 Å². The number of nitrogens with zero attached hydrogens (tertiary/aromatic N) is 1. The molecule has 1 heterocycles. The third-order valence-corrected chi connectivity index (χ3v) is 8.95. The number of para-hydroxylation sites is 1. The van der Waals surface area contributed by atoms with Crippen molar-refractivity contribution in [2.45, 2.75) is 30.1 Å². The van der Waals surface area contributed by atoms with Crippen molar-refractivity contribution in [1.82, 2.24) is 4.98 Å². The fourth-order valence-electron chi connectivity index (χ4n) is 5.12. The first kappa shape index (κ1) is 31.2. The zero-order valence-electron chi connectivity index (χ0n) is 23.0. The van der Waals surface area contributed by atoms with Gasteiger partial charge in [-0.3, -0.25) is 4.98 Å². The lowest BCUT2D eigenvalue weighted by Gasteiger charge is -2.17. The molecule has 5 rings (SSSR count). The maximum absolute atomic E-state index is 13.9. The number of benzene rings is 4. The largest absolute Gasteiger partial charge is 0.418 e. The van der Waals surface area contributed by atoms with Gasteiger partial charge in [-0.25, -0.2) is 8.42 Å². The van der Waals surface area contributed by atoms with E-state index in [4.69, 9.17) is 5.11 Å². The van der Waals surface area contributed by atoms with Crippen molar-refractivity contribution in [3.63, 3.8) is 0 Å². The van der Waals surface area contributed by atoms with Crippen molar-refractivity contribution in [2.24, 2.45) is 0 Å². The average Bonchev–Trinajstić information content (AvgIpc) is 2.99. The quantitative estimate of drug-likeness (QED) is 0.175. The van der Waals surface area contributed by atoms with Crippen LogP contribution in [-0.4, -0.2) is 30.9 Å². The molecule has 4 nitrogen and oxygen atoms in total. The number of rotatable bonds is 8. The van der Waals surface area contributed by atoms with Crippen LogP contribution in [0.25, 0.3) is 33.2 Å². The molecule has 0 radical (unpaired) electrons. The zero-order chi connectivity index (χ0) is 31.7. The number of aromatic nitrogens is 1. The summed E-state index contributed by atoms with van der Waals surface area (Å²) in [7, 11) is -4.16. The highest BCUT2D eigenvalue weighted by Gasteiger charge is 2.34. The highest BCUT2D eigenvalue weighted by atomic mass is 32.2. The number of fused-ring (bicyclic) bond motifs is 1. The molecule has 11 heteroatoms. The summed E-state index contributed by atoms with van der Waals surface area (Å²) in [5.41, 5.74) is 0.139. The summed E-state index contributed by atoms with van der Waals surface area (Å²) < 4.78 is 109. The van der Waals surface area contributed by atoms with Gasteiger partial charge in [0.25, 0.3) is 0 Å². The first-order valence-electron chi connectivity index (χ1n) is 13.5. The van der Waals surface area contributed by atoms with Gasteiger partial charge in [-0.2, -0.15) is 26.3 Å². The smallest absolute Gasteiger partial charge is 0.396 e. The Bertz CT molecular complexity index is 1920. The summed E-state index contributed by atoms with van der Waals surface area (Å²) in [5, 5.41) is 9.28. The van der Waals surface area contributed by atoms with Crippen molar-refractivity contribution in [3.05, 3.63) is 119 Å². The summed E-state index contributed by atoms with van der Waals surface area (Å²) in [6, 6.07) is 21.7. The number of hydrogen-bond acceptors (Lipinski definition) is 4. The predicted molar refractivity (Wildman–Crippen MR) is 156 cm³/mol. The highest BCUT2D eigenvalue weighted by molar-refractivity contribution is 7.91. The van der Waals surface area contributed by atoms with Gasteiger partial charge < -0.3 is 5.11 Å². The van der Waals surface area contributed by atoms with Gasteiger partial charge in [-0.15, -0.1) is 0 Å². The molecule has 44 heavy (non-hydrogen) atoms. The minimum absolute atomic E-state index is 0.0387. The van der Waals surface area contributed by atoms with Crippen molar-refractivity contribution in [1.29, 1.82) is 0 Å². The Morgan fingerprint density at radius 3 is 2.11 bits per heavy atom. The van der Waals surface area contributed by atoms with Crippen LogP contribution in [0, 0.1) is 0 Å². The van der Waals surface area contributed by atoms with Crippen molar-refractivity contribution < 1.29 is 39.9 Å². The second kappa shape index (κ2) is 12.0. The van der Waals surface area contributed by atoms with E-state index in [1.165, 1.54) is 30.5 Å². The second-order valence-electron chi connectivity index (χ2n) is 10.2. The highest BCUT2D eigenvalue weighted by Crippen LogP contribution is 2.41. The molecule has 0 aliphatic carbocycles. The number of alkyl halides is 6. The third kappa shape index (κ3) is 6.63. The molecule has 0 saturated carbocycles. The Morgan fingerprint density at radius 2 is 1.43 bits per heavy atom. The topological polar surface area (TPSA) is 67.3 Å². The zero-order valence-corrected chi connectivity index (χ0v) is 23.8. The third-order valence-electron chi connectivity index (χ3n) is 7.17. The molecular formula is C33H25F6NO3S. The standard InChI is InChI=1S/C33H25F6NO3S/c34-32(35,36)26-17-24(18-27(19-26)44(42,43)14-6-13-41)22-9-4-10-23(16-22)30-25(15-21-7-2-1-3-8-21)20-40-31-28(30)11-5-12-29(31)33(37,38)39/h1-5,7-12,16-20,41H,6,13-15H2. The lowest BCUT2D eigenvalue weighted by molar-refractivity contribution is -0.138. The fraction of sp³-hybridized carbons (Fsp3) is 0.182. The number of sulfone groups is 1. The van der Waals surface area contributed by atoms with E-state index in [1.54, 1.807) is 12.1 Å². The van der Waals surface area contributed by atoms with E-state index < -0.39 is 50.6 Å². The first-order valence-corrected chi connectivity index (χ1v) is 15.1. The van der Waals surface area contributed by atoms with Gasteiger partial charge in [-0.05, 0) is 76.6 Å². The minimum atomic E-state index is -4.85. The van der Waals surface area contributed by atoms with Crippen LogP contribution in [0.5, 0.6) is 0 Å². The lowest BCUT2D eigenvalue weighted by Crippen LogP contribution is -2.12. The van der Waals surface area contributed by atoms with Gasteiger partial charge in [-0.1, -0.05) is 60.7 Å². The molecule has 0 bridgehead atoms. The average molecular weight is 630 g/mol. The second-order valence-corrected chi connectivity index (χ2v) is 12.4. The minimum Gasteiger partial charge on any atom is -0.396 e. The molecule has 0 spiro atoms. The SMILES string of the molecule is O=S(=O)(CCCO)c1cc(-c2cccc(-c3c(Cc4ccccc4)cnc4c(C(F)(F)F)cccc34)c2)cc(C(F)(F)F)c1. The van der Waals surface area contributed by atoms with Gasteiger partial charge in [0.2, 0.25) is 0 Å². The summed E-state index contributed by atoms with van der Waals surface area (Å²) in [4.78, 5) is 3.64. The van der Waals surface area contributed by atoms with Gasteiger partial charge in [0, 0.05) is 18.2 Å². The summed E-state index contributed by atoms with van der Waals surface area (Å²) in [6.07, 6.45) is -7.99. The van der Waals surface area contributed by atoms with Crippen LogP contribution in [0.3, 0.4) is 0 Å². The Morgan fingerprint density at radius 1 is 0.727 bits per heavy atom. The van der Waals surface area contributed by atoms with Crippen LogP contribution < -0.4 is 0 Å². The molecule has 0 fully saturated rings. The van der Waals surface area contributed by atoms with Crippen molar-refractivity contribution in [2.75, 3.05) is 12.4 Å². The normalized spacial score (nSPS) is 12.5. The molecule has 5 aromatic rings. The maximum atomic E-state index is 13.9. The lowest BCUT2D eigenvalue weighted by atomic mass is 9.90. The van der Waals surface area contributed by atoms with Crippen molar-refractivity contribution >= 4 is 20.7 Å². The van der Waals surface area contributed by atoms with Crippen LogP contribution in [0.4, 0.5) is 26.3 Å². The molecule has 0 atom stereocenters. The summed E-state index contributed by atoms with van der Waals surface area (Å²) in [6.45, 7) is -0.450. The fourth-order valence-corrected chi connectivity index (χ4v) is 6.48. The van der Waals surface area contributed by atoms with Crippen LogP contribution in [0.15, 0.2) is 102 Å². The van der Waals surface area contributed by atoms with Gasteiger partial charge in [0.15, 0.2) is 9.84 Å². The van der Waals surface area contributed by atoms with E-state index in [9.17, 15) is 34.8 Å². The van der Waals surface area contributed by atoms with Crippen LogP contribution in [-0.2, 0) is 28.6 Å². The van der Waals surface area contributed by atoms with Gasteiger partial charge >= 0.3 is 12.4 Å². The van der Waals surface area contributed by atoms with E-state index in [1.807, 2.05) is 30.3 Å². The number of hydrogen-bond donors (Lipinski definition) is 1. The molecule has 4 aromatic carbocycles. The number of aliphatic hydroxyl groups is 1. The van der Waals surface area contributed by atoms with Gasteiger partial charge in [0.1, 0.15) is 0 Å². The van der Waals surface area contributed by atoms with E-state index in [0.717, 1.165) is 23.8 Å². The molecule has 0 amide bonds. The van der Waals surface area contributed by atoms with E-state index in [2.05, 4.69) is 4.98 Å². The number of pyridine rings is 1. The van der Waals surface area contributed by atoms with Crippen LogP contribution >= 0.6 is 0 Å². The van der Waals surface area contributed by atoms with Crippen molar-refractivity contribution in [3.8, 4) is 22.3 Å². The molecule has 0 aliphatic heterocycles. The molecular weight excluding hydrogens is 604 g/mol. The van der Waals surface area contributed by atoms with Crippen LogP contribution in [0.1, 0.15) is 28.7 Å². The number of aliphatic hydroxyl groups excluding tert-OH is 1. The first-order chi connectivity index (χ1) is 20.8. The Hall–Kier alpha value is -4.22. The van der Waals surface area contributed by atoms with Gasteiger partial charge in [0.05, 0.1) is 27.3 Å².